The summed E-state index contributed by atoms with van der Waals surface area (Å²) in [7, 11) is 0. The summed E-state index contributed by atoms with van der Waals surface area (Å²) in [4.78, 5) is 19.1. The average molecular weight is 303 g/mol. The number of carbonyl (C=O) groups is 1. The van der Waals surface area contributed by atoms with E-state index in [0.29, 0.717) is 6.54 Å². The zero-order chi connectivity index (χ0) is 15.8. The van der Waals surface area contributed by atoms with Gasteiger partial charge in [-0.15, -0.1) is 0 Å². The molecule has 0 atom stereocenters. The fraction of sp³-hybridized carbons (Fsp3) is 0.611. The Labute approximate surface area is 134 Å². The molecule has 1 aliphatic rings. The Kier molecular flexibility index (Phi) is 6.72. The van der Waals surface area contributed by atoms with Gasteiger partial charge in [-0.2, -0.15) is 0 Å². The minimum Gasteiger partial charge on any atom is -0.368 e. The lowest BCUT2D eigenvalue weighted by atomic mass is 10.2. The van der Waals surface area contributed by atoms with Crippen LogP contribution in [0.15, 0.2) is 30.3 Å². The number of para-hydroxylation sites is 1. The fourth-order valence-electron chi connectivity index (χ4n) is 3.05. The van der Waals surface area contributed by atoms with Crippen molar-refractivity contribution in [1.29, 1.82) is 0 Å². The van der Waals surface area contributed by atoms with Gasteiger partial charge < -0.3 is 9.80 Å². The zero-order valence-electron chi connectivity index (χ0n) is 14.0. The summed E-state index contributed by atoms with van der Waals surface area (Å²) in [5, 5.41) is 0. The highest BCUT2D eigenvalue weighted by atomic mass is 16.2. The fourth-order valence-corrected chi connectivity index (χ4v) is 3.05. The third-order valence-electron chi connectivity index (χ3n) is 4.19. The number of benzene rings is 1. The Bertz CT molecular complexity index is 435. The molecule has 1 saturated heterocycles. The number of piperazine rings is 1. The van der Waals surface area contributed by atoms with Crippen LogP contribution in [-0.2, 0) is 4.79 Å². The molecule has 1 fully saturated rings. The van der Waals surface area contributed by atoms with E-state index >= 15 is 0 Å². The van der Waals surface area contributed by atoms with E-state index in [2.05, 4.69) is 47.9 Å². The molecule has 122 valence electrons. The van der Waals surface area contributed by atoms with Crippen LogP contribution in [0.5, 0.6) is 0 Å². The van der Waals surface area contributed by atoms with E-state index in [1.165, 1.54) is 5.69 Å². The van der Waals surface area contributed by atoms with E-state index in [0.717, 1.165) is 52.1 Å². The Morgan fingerprint density at radius 1 is 1.00 bits per heavy atom. The van der Waals surface area contributed by atoms with Crippen molar-refractivity contribution in [3.63, 3.8) is 0 Å². The molecule has 0 unspecified atom stereocenters. The second kappa shape index (κ2) is 8.79. The molecule has 0 bridgehead atoms. The van der Waals surface area contributed by atoms with Crippen LogP contribution in [-0.4, -0.2) is 61.5 Å². The SMILES string of the molecule is CCCN(CCC)CC(=O)N1CCN(c2ccccc2)CC1. The van der Waals surface area contributed by atoms with Crippen molar-refractivity contribution in [2.45, 2.75) is 26.7 Å². The monoisotopic (exact) mass is 303 g/mol. The molecule has 1 aromatic rings. The molecule has 2 rings (SSSR count). The minimum atomic E-state index is 0.287. The molecular weight excluding hydrogens is 274 g/mol. The Morgan fingerprint density at radius 2 is 1.59 bits per heavy atom. The van der Waals surface area contributed by atoms with E-state index in [9.17, 15) is 4.79 Å². The maximum absolute atomic E-state index is 12.5. The molecule has 1 amide bonds. The van der Waals surface area contributed by atoms with Gasteiger partial charge in [0.25, 0.3) is 0 Å². The van der Waals surface area contributed by atoms with Crippen molar-refractivity contribution >= 4 is 11.6 Å². The van der Waals surface area contributed by atoms with Crippen molar-refractivity contribution < 1.29 is 4.79 Å². The highest BCUT2D eigenvalue weighted by Crippen LogP contribution is 2.15. The quantitative estimate of drug-likeness (QED) is 0.774. The smallest absolute Gasteiger partial charge is 0.236 e. The number of hydrogen-bond acceptors (Lipinski definition) is 3. The van der Waals surface area contributed by atoms with Gasteiger partial charge >= 0.3 is 0 Å². The summed E-state index contributed by atoms with van der Waals surface area (Å²) in [5.74, 6) is 0.287. The lowest BCUT2D eigenvalue weighted by Gasteiger charge is -2.37. The molecule has 1 aromatic carbocycles. The summed E-state index contributed by atoms with van der Waals surface area (Å²) >= 11 is 0. The summed E-state index contributed by atoms with van der Waals surface area (Å²) in [5.41, 5.74) is 1.26. The Morgan fingerprint density at radius 3 is 2.14 bits per heavy atom. The summed E-state index contributed by atoms with van der Waals surface area (Å²) in [6.07, 6.45) is 2.21. The van der Waals surface area contributed by atoms with Crippen LogP contribution < -0.4 is 4.90 Å². The predicted octanol–water partition coefficient (Wildman–Crippen LogP) is 2.46. The van der Waals surface area contributed by atoms with Gasteiger partial charge in [-0.05, 0) is 38.1 Å². The number of hydrogen-bond donors (Lipinski definition) is 0. The number of amides is 1. The summed E-state index contributed by atoms with van der Waals surface area (Å²) < 4.78 is 0. The first kappa shape index (κ1) is 16.8. The van der Waals surface area contributed by atoms with Gasteiger partial charge in [-0.25, -0.2) is 0 Å². The number of anilines is 1. The molecular formula is C18H29N3O. The molecule has 4 nitrogen and oxygen atoms in total. The van der Waals surface area contributed by atoms with E-state index < -0.39 is 0 Å². The van der Waals surface area contributed by atoms with Gasteiger partial charge in [-0.3, -0.25) is 9.69 Å². The first-order chi connectivity index (χ1) is 10.7. The first-order valence-electron chi connectivity index (χ1n) is 8.54. The maximum Gasteiger partial charge on any atom is 0.236 e. The van der Waals surface area contributed by atoms with Gasteiger partial charge in [0, 0.05) is 31.9 Å². The second-order valence-corrected chi connectivity index (χ2v) is 5.98. The molecule has 1 heterocycles. The first-order valence-corrected chi connectivity index (χ1v) is 8.54. The molecule has 0 aromatic heterocycles. The van der Waals surface area contributed by atoms with Gasteiger partial charge in [-0.1, -0.05) is 32.0 Å². The zero-order valence-corrected chi connectivity index (χ0v) is 14.0. The Hall–Kier alpha value is -1.55. The predicted molar refractivity (Wildman–Crippen MR) is 92.3 cm³/mol. The molecule has 1 aliphatic heterocycles. The third kappa shape index (κ3) is 4.73. The average Bonchev–Trinajstić information content (AvgIpc) is 2.56. The van der Waals surface area contributed by atoms with Crippen LogP contribution in [0.3, 0.4) is 0 Å². The van der Waals surface area contributed by atoms with Crippen LogP contribution in [0.2, 0.25) is 0 Å². The van der Waals surface area contributed by atoms with Gasteiger partial charge in [0.2, 0.25) is 5.91 Å². The summed E-state index contributed by atoms with van der Waals surface area (Å²) in [6.45, 7) is 10.5. The van der Waals surface area contributed by atoms with Crippen molar-refractivity contribution in [3.8, 4) is 0 Å². The largest absolute Gasteiger partial charge is 0.368 e. The number of nitrogens with zero attached hydrogens (tertiary/aromatic N) is 3. The van der Waals surface area contributed by atoms with Crippen LogP contribution in [0, 0.1) is 0 Å². The van der Waals surface area contributed by atoms with Gasteiger partial charge in [0.05, 0.1) is 6.54 Å². The molecule has 0 saturated carbocycles. The second-order valence-electron chi connectivity index (χ2n) is 5.98. The molecule has 0 aliphatic carbocycles. The van der Waals surface area contributed by atoms with Crippen molar-refractivity contribution in [1.82, 2.24) is 9.80 Å². The van der Waals surface area contributed by atoms with E-state index in [-0.39, 0.29) is 5.91 Å². The standard InChI is InChI=1S/C18H29N3O/c1-3-10-19(11-4-2)16-18(22)21-14-12-20(13-15-21)17-8-6-5-7-9-17/h5-9H,3-4,10-16H2,1-2H3. The topological polar surface area (TPSA) is 26.8 Å². The van der Waals surface area contributed by atoms with E-state index in [4.69, 9.17) is 0 Å². The highest BCUT2D eigenvalue weighted by molar-refractivity contribution is 5.78. The molecule has 0 radical (unpaired) electrons. The van der Waals surface area contributed by atoms with Crippen molar-refractivity contribution in [2.24, 2.45) is 0 Å². The normalized spacial score (nSPS) is 15.4. The molecule has 4 heteroatoms. The highest BCUT2D eigenvalue weighted by Gasteiger charge is 2.22. The molecule has 0 spiro atoms. The minimum absolute atomic E-state index is 0.287. The number of rotatable bonds is 7. The lowest BCUT2D eigenvalue weighted by molar-refractivity contribution is -0.132. The van der Waals surface area contributed by atoms with Crippen LogP contribution in [0.25, 0.3) is 0 Å². The molecule has 0 N–H and O–H groups in total. The van der Waals surface area contributed by atoms with Crippen molar-refractivity contribution in [2.75, 3.05) is 50.7 Å². The third-order valence-corrected chi connectivity index (χ3v) is 4.19. The molecule has 22 heavy (non-hydrogen) atoms. The van der Waals surface area contributed by atoms with E-state index in [1.807, 2.05) is 11.0 Å². The van der Waals surface area contributed by atoms with Crippen LogP contribution >= 0.6 is 0 Å². The Balaban J connectivity index is 1.81. The van der Waals surface area contributed by atoms with Crippen LogP contribution in [0.4, 0.5) is 5.69 Å². The maximum atomic E-state index is 12.5. The number of carbonyl (C=O) groups excluding carboxylic acids is 1. The van der Waals surface area contributed by atoms with Crippen molar-refractivity contribution in [3.05, 3.63) is 30.3 Å². The lowest BCUT2D eigenvalue weighted by Crippen LogP contribution is -2.51. The van der Waals surface area contributed by atoms with Gasteiger partial charge in [0.1, 0.15) is 0 Å². The van der Waals surface area contributed by atoms with Crippen LogP contribution in [0.1, 0.15) is 26.7 Å². The van der Waals surface area contributed by atoms with Gasteiger partial charge in [0.15, 0.2) is 0 Å². The summed E-state index contributed by atoms with van der Waals surface area (Å²) in [6, 6.07) is 10.5. The van der Waals surface area contributed by atoms with E-state index in [1.54, 1.807) is 0 Å².